The van der Waals surface area contributed by atoms with Crippen LogP contribution in [0.2, 0.25) is 0 Å². The van der Waals surface area contributed by atoms with E-state index in [9.17, 15) is 13.2 Å². The molecule has 2 aromatic rings. The number of carbonyl (C=O) groups is 1. The number of hydrogen-bond acceptors (Lipinski definition) is 7. The number of methoxy groups -OCH3 is 1. The molecule has 0 radical (unpaired) electrons. The zero-order valence-electron chi connectivity index (χ0n) is 17.6. The summed E-state index contributed by atoms with van der Waals surface area (Å²) < 4.78 is 38.4. The summed E-state index contributed by atoms with van der Waals surface area (Å²) in [5.74, 6) is -0.472. The van der Waals surface area contributed by atoms with Crippen LogP contribution in [-0.2, 0) is 24.3 Å². The summed E-state index contributed by atoms with van der Waals surface area (Å²) in [6.45, 7) is 1.19. The highest BCUT2D eigenvalue weighted by Gasteiger charge is 2.41. The predicted octanol–water partition coefficient (Wildman–Crippen LogP) is 1.44. The van der Waals surface area contributed by atoms with Crippen LogP contribution in [0.25, 0.3) is 0 Å². The van der Waals surface area contributed by atoms with Crippen molar-refractivity contribution < 1.29 is 22.7 Å². The second-order valence-electron chi connectivity index (χ2n) is 7.23. The molecule has 0 bridgehead atoms. The molecule has 2 heterocycles. The smallest absolute Gasteiger partial charge is 0.272 e. The second-order valence-corrected chi connectivity index (χ2v) is 9.06. The third-order valence-electron chi connectivity index (χ3n) is 5.21. The molecule has 0 spiro atoms. The van der Waals surface area contributed by atoms with Crippen molar-refractivity contribution in [2.24, 2.45) is 10.7 Å². The number of nitrogens with two attached hydrogens (primary N) is 1. The zero-order valence-corrected chi connectivity index (χ0v) is 18.4. The number of sulfonamides is 1. The molecule has 0 aromatic heterocycles. The van der Waals surface area contributed by atoms with Gasteiger partial charge in [0.05, 0.1) is 29.5 Å². The monoisotopic (exact) mass is 456 g/mol. The van der Waals surface area contributed by atoms with Crippen LogP contribution in [0.3, 0.4) is 0 Å². The summed E-state index contributed by atoms with van der Waals surface area (Å²) in [7, 11) is -2.66. The topological polar surface area (TPSA) is 115 Å². The number of nitrogens with zero attached hydrogens (tertiary/aromatic N) is 3. The highest BCUT2D eigenvalue weighted by molar-refractivity contribution is 7.89. The summed E-state index contributed by atoms with van der Waals surface area (Å²) in [5.41, 5.74) is 7.42. The van der Waals surface area contributed by atoms with Crippen LogP contribution in [0.5, 0.6) is 0 Å². The van der Waals surface area contributed by atoms with Gasteiger partial charge >= 0.3 is 0 Å². The number of rotatable bonds is 4. The van der Waals surface area contributed by atoms with Gasteiger partial charge in [0, 0.05) is 25.8 Å². The molecule has 2 aliphatic rings. The van der Waals surface area contributed by atoms with Crippen molar-refractivity contribution >= 4 is 27.3 Å². The van der Waals surface area contributed by atoms with Crippen molar-refractivity contribution in [1.29, 1.82) is 0 Å². The van der Waals surface area contributed by atoms with E-state index in [0.29, 0.717) is 37.6 Å². The Morgan fingerprint density at radius 3 is 2.44 bits per heavy atom. The molecule has 0 saturated carbocycles. The number of carbonyl (C=O) groups excluding carboxylic acids is 1. The minimum atomic E-state index is -4.03. The molecule has 0 aliphatic carbocycles. The third-order valence-corrected chi connectivity index (χ3v) is 6.99. The van der Waals surface area contributed by atoms with E-state index in [1.165, 1.54) is 13.2 Å². The number of fused-ring (bicyclic) bond motifs is 1. The van der Waals surface area contributed by atoms with Crippen molar-refractivity contribution in [3.63, 3.8) is 0 Å². The number of hydrogen-bond donors (Lipinski definition) is 1. The summed E-state index contributed by atoms with van der Waals surface area (Å²) in [5, 5.41) is 0. The minimum absolute atomic E-state index is 0.00546. The molecule has 0 atom stereocenters. The molecule has 2 aliphatic heterocycles. The van der Waals surface area contributed by atoms with Crippen molar-refractivity contribution in [2.45, 2.75) is 4.90 Å². The number of benzene rings is 2. The third kappa shape index (κ3) is 3.99. The van der Waals surface area contributed by atoms with Crippen LogP contribution in [0, 0.1) is 0 Å². The number of para-hydroxylation sites is 1. The first-order chi connectivity index (χ1) is 15.4. The van der Waals surface area contributed by atoms with E-state index in [0.717, 1.165) is 4.31 Å². The van der Waals surface area contributed by atoms with E-state index in [1.807, 2.05) is 18.2 Å². The van der Waals surface area contributed by atoms with E-state index in [2.05, 4.69) is 0 Å². The van der Waals surface area contributed by atoms with Gasteiger partial charge < -0.3 is 20.1 Å². The maximum Gasteiger partial charge on any atom is 0.272 e. The molecular formula is C22H24N4O5S. The normalized spacial score (nSPS) is 20.7. The van der Waals surface area contributed by atoms with Crippen molar-refractivity contribution in [1.82, 2.24) is 9.21 Å². The first kappa shape index (κ1) is 22.0. The Morgan fingerprint density at radius 1 is 1.09 bits per heavy atom. The van der Waals surface area contributed by atoms with E-state index < -0.39 is 15.9 Å². The van der Waals surface area contributed by atoms with Gasteiger partial charge in [-0.1, -0.05) is 36.4 Å². The lowest BCUT2D eigenvalue weighted by molar-refractivity contribution is -0.131. The van der Waals surface area contributed by atoms with Crippen LogP contribution >= 0.6 is 0 Å². The fourth-order valence-electron chi connectivity index (χ4n) is 3.67. The molecule has 168 valence electrons. The second kappa shape index (κ2) is 9.11. The van der Waals surface area contributed by atoms with Gasteiger partial charge in [-0.3, -0.25) is 4.79 Å². The van der Waals surface area contributed by atoms with Crippen molar-refractivity contribution in [3.05, 3.63) is 71.6 Å². The quantitative estimate of drug-likeness (QED) is 0.697. The minimum Gasteiger partial charge on any atom is -0.392 e. The highest BCUT2D eigenvalue weighted by atomic mass is 32.2. The number of amides is 1. The fraction of sp³-hybridized carbons (Fsp3) is 0.273. The van der Waals surface area contributed by atoms with Crippen LogP contribution in [0.15, 0.2) is 75.9 Å². The Morgan fingerprint density at radius 2 is 1.75 bits per heavy atom. The Bertz CT molecular complexity index is 1170. The molecule has 4 rings (SSSR count). The maximum absolute atomic E-state index is 13.5. The molecule has 1 saturated heterocycles. The Kier molecular flexibility index (Phi) is 6.26. The lowest BCUT2D eigenvalue weighted by Gasteiger charge is -2.34. The molecular weight excluding hydrogens is 432 g/mol. The molecule has 9 nitrogen and oxygen atoms in total. The van der Waals surface area contributed by atoms with Gasteiger partial charge in [-0.05, 0) is 18.2 Å². The first-order valence-corrected chi connectivity index (χ1v) is 11.5. The number of ether oxygens (including phenoxy) is 2. The van der Waals surface area contributed by atoms with Gasteiger partial charge in [0.2, 0.25) is 0 Å². The molecule has 1 fully saturated rings. The molecule has 32 heavy (non-hydrogen) atoms. The van der Waals surface area contributed by atoms with Gasteiger partial charge in [-0.2, -0.15) is 0 Å². The molecule has 2 aromatic carbocycles. The summed E-state index contributed by atoms with van der Waals surface area (Å²) in [6.07, 6.45) is 0. The molecule has 0 unspecified atom stereocenters. The summed E-state index contributed by atoms with van der Waals surface area (Å²) in [6, 6.07) is 15.6. The Labute approximate surface area is 186 Å². The van der Waals surface area contributed by atoms with Gasteiger partial charge in [-0.15, -0.1) is 0 Å². The van der Waals surface area contributed by atoms with E-state index >= 15 is 0 Å². The van der Waals surface area contributed by atoms with Gasteiger partial charge in [0.1, 0.15) is 18.1 Å². The van der Waals surface area contributed by atoms with E-state index in [-0.39, 0.29) is 28.7 Å². The molecule has 1 amide bonds. The average molecular weight is 457 g/mol. The Hall–Kier alpha value is -3.21. The van der Waals surface area contributed by atoms with Crippen molar-refractivity contribution in [3.8, 4) is 0 Å². The standard InChI is InChI=1S/C22H24N4O5S/c1-30-15-26-21(19(23)22(27)25-11-13-31-14-12-25)20(24-16-7-3-2-4-8-16)17-9-5-6-10-18(17)32(26,28)29/h2-10H,11-15,23H2,1H3. The van der Waals surface area contributed by atoms with Crippen LogP contribution in [0.4, 0.5) is 5.69 Å². The Balaban J connectivity index is 1.98. The van der Waals surface area contributed by atoms with Crippen LogP contribution in [-0.4, -0.2) is 69.4 Å². The lowest BCUT2D eigenvalue weighted by Crippen LogP contribution is -2.47. The summed E-state index contributed by atoms with van der Waals surface area (Å²) >= 11 is 0. The number of aliphatic imine (C=N–C) groups is 1. The number of allylic oxidation sites excluding steroid dienone is 1. The first-order valence-electron chi connectivity index (χ1n) is 10.1. The van der Waals surface area contributed by atoms with E-state index in [1.54, 1.807) is 35.2 Å². The van der Waals surface area contributed by atoms with Gasteiger partial charge in [0.15, 0.2) is 0 Å². The predicted molar refractivity (Wildman–Crippen MR) is 119 cm³/mol. The zero-order chi connectivity index (χ0) is 22.7. The average Bonchev–Trinajstić information content (AvgIpc) is 2.83. The van der Waals surface area contributed by atoms with Gasteiger partial charge in [0.25, 0.3) is 15.9 Å². The fourth-order valence-corrected chi connectivity index (χ4v) is 5.27. The lowest BCUT2D eigenvalue weighted by atomic mass is 10.0. The molecule has 2 N–H and O–H groups in total. The van der Waals surface area contributed by atoms with Crippen LogP contribution in [0.1, 0.15) is 5.56 Å². The van der Waals surface area contributed by atoms with Crippen LogP contribution < -0.4 is 5.73 Å². The maximum atomic E-state index is 13.5. The molecule has 10 heteroatoms. The SMILES string of the molecule is COCN1C(=C(N)C(=O)N2CCOCC2)C(=Nc2ccccc2)c2ccccc2S1(=O)=O. The summed E-state index contributed by atoms with van der Waals surface area (Å²) in [4.78, 5) is 19.6. The van der Waals surface area contributed by atoms with E-state index in [4.69, 9.17) is 20.2 Å². The highest BCUT2D eigenvalue weighted by Crippen LogP contribution is 2.35. The number of morpholine rings is 1. The van der Waals surface area contributed by atoms with Gasteiger partial charge in [-0.25, -0.2) is 17.7 Å². The van der Waals surface area contributed by atoms with Crippen molar-refractivity contribution in [2.75, 3.05) is 40.1 Å². The largest absolute Gasteiger partial charge is 0.392 e.